The van der Waals surface area contributed by atoms with E-state index in [1.807, 2.05) is 6.92 Å². The van der Waals surface area contributed by atoms with Gasteiger partial charge in [0.05, 0.1) is 6.04 Å². The Labute approximate surface area is 123 Å². The lowest BCUT2D eigenvalue weighted by Gasteiger charge is -2.20. The molecule has 2 N–H and O–H groups in total. The molecule has 114 valence electrons. The molecule has 0 saturated carbocycles. The predicted molar refractivity (Wildman–Crippen MR) is 76.1 cm³/mol. The fraction of sp³-hybridized carbons (Fsp3) is 0.467. The first-order valence-corrected chi connectivity index (χ1v) is 7.01. The zero-order chi connectivity index (χ0) is 15.2. The molecule has 0 spiro atoms. The van der Waals surface area contributed by atoms with E-state index in [1.165, 1.54) is 0 Å². The Bertz CT molecular complexity index is 529. The van der Waals surface area contributed by atoms with Gasteiger partial charge >= 0.3 is 5.97 Å². The van der Waals surface area contributed by atoms with Crippen LogP contribution in [0.3, 0.4) is 0 Å². The van der Waals surface area contributed by atoms with Crippen LogP contribution in [0, 0.1) is 0 Å². The summed E-state index contributed by atoms with van der Waals surface area (Å²) in [5.41, 5.74) is 0.496. The van der Waals surface area contributed by atoms with Gasteiger partial charge in [-0.2, -0.15) is 0 Å². The fourth-order valence-electron chi connectivity index (χ4n) is 2.24. The quantitative estimate of drug-likeness (QED) is 0.741. The standard InChI is InChI=1S/C15H19NO5/c1-2-16-11(4-6-14(17)18)15(19)10-3-5-12-13(9-10)21-8-7-20-12/h3,5,9,11,16H,2,4,6-8H2,1H3,(H,17,18). The van der Waals surface area contributed by atoms with Crippen LogP contribution in [0.1, 0.15) is 30.1 Å². The van der Waals surface area contributed by atoms with Crippen molar-refractivity contribution in [2.24, 2.45) is 0 Å². The zero-order valence-electron chi connectivity index (χ0n) is 11.9. The topological polar surface area (TPSA) is 84.9 Å². The van der Waals surface area contributed by atoms with Gasteiger partial charge in [-0.3, -0.25) is 9.59 Å². The number of hydrogen-bond acceptors (Lipinski definition) is 5. The highest BCUT2D eigenvalue weighted by Crippen LogP contribution is 2.31. The van der Waals surface area contributed by atoms with Gasteiger partial charge < -0.3 is 19.9 Å². The first kappa shape index (κ1) is 15.3. The summed E-state index contributed by atoms with van der Waals surface area (Å²) in [6.45, 7) is 3.44. The third-order valence-electron chi connectivity index (χ3n) is 3.24. The minimum atomic E-state index is -0.909. The highest BCUT2D eigenvalue weighted by Gasteiger charge is 2.22. The van der Waals surface area contributed by atoms with E-state index in [4.69, 9.17) is 14.6 Å². The molecule has 1 heterocycles. The van der Waals surface area contributed by atoms with Gasteiger partial charge in [0.2, 0.25) is 0 Å². The molecule has 21 heavy (non-hydrogen) atoms. The van der Waals surface area contributed by atoms with Gasteiger partial charge in [0, 0.05) is 12.0 Å². The minimum Gasteiger partial charge on any atom is -0.486 e. The van der Waals surface area contributed by atoms with Crippen molar-refractivity contribution in [1.82, 2.24) is 5.32 Å². The van der Waals surface area contributed by atoms with Gasteiger partial charge in [0.1, 0.15) is 13.2 Å². The summed E-state index contributed by atoms with van der Waals surface area (Å²) in [4.78, 5) is 23.2. The number of hydrogen-bond donors (Lipinski definition) is 2. The largest absolute Gasteiger partial charge is 0.486 e. The van der Waals surface area contributed by atoms with Gasteiger partial charge in [-0.05, 0) is 31.2 Å². The van der Waals surface area contributed by atoms with E-state index in [0.29, 0.717) is 36.8 Å². The van der Waals surface area contributed by atoms with Crippen LogP contribution >= 0.6 is 0 Å². The number of likely N-dealkylation sites (N-methyl/N-ethyl adjacent to an activating group) is 1. The molecule has 1 unspecified atom stereocenters. The fourth-order valence-corrected chi connectivity index (χ4v) is 2.24. The number of nitrogens with one attached hydrogen (secondary N) is 1. The highest BCUT2D eigenvalue weighted by molar-refractivity contribution is 6.00. The highest BCUT2D eigenvalue weighted by atomic mass is 16.6. The van der Waals surface area contributed by atoms with Crippen molar-refractivity contribution in [2.45, 2.75) is 25.8 Å². The number of carbonyl (C=O) groups is 2. The number of carboxylic acids is 1. The number of ketones is 1. The zero-order valence-corrected chi connectivity index (χ0v) is 11.9. The van der Waals surface area contributed by atoms with Crippen molar-refractivity contribution in [3.8, 4) is 11.5 Å². The van der Waals surface area contributed by atoms with Gasteiger partial charge in [-0.25, -0.2) is 0 Å². The van der Waals surface area contributed by atoms with E-state index in [2.05, 4.69) is 5.32 Å². The predicted octanol–water partition coefficient (Wildman–Crippen LogP) is 1.48. The van der Waals surface area contributed by atoms with Gasteiger partial charge in [0.25, 0.3) is 0 Å². The van der Waals surface area contributed by atoms with E-state index in [9.17, 15) is 9.59 Å². The molecule has 6 heteroatoms. The first-order valence-electron chi connectivity index (χ1n) is 7.01. The van der Waals surface area contributed by atoms with E-state index in [0.717, 1.165) is 0 Å². The molecular formula is C15H19NO5. The smallest absolute Gasteiger partial charge is 0.303 e. The van der Waals surface area contributed by atoms with Crippen LogP contribution in [0.15, 0.2) is 18.2 Å². The third kappa shape index (κ3) is 3.95. The second-order valence-corrected chi connectivity index (χ2v) is 4.77. The summed E-state index contributed by atoms with van der Waals surface area (Å²) in [7, 11) is 0. The Morgan fingerprint density at radius 2 is 2.00 bits per heavy atom. The molecule has 0 aromatic heterocycles. The van der Waals surface area contributed by atoms with E-state index < -0.39 is 12.0 Å². The van der Waals surface area contributed by atoms with E-state index in [-0.39, 0.29) is 18.6 Å². The lowest BCUT2D eigenvalue weighted by Crippen LogP contribution is -2.37. The van der Waals surface area contributed by atoms with Crippen molar-refractivity contribution >= 4 is 11.8 Å². The van der Waals surface area contributed by atoms with Crippen LogP contribution in [0.5, 0.6) is 11.5 Å². The number of fused-ring (bicyclic) bond motifs is 1. The third-order valence-corrected chi connectivity index (χ3v) is 3.24. The number of benzene rings is 1. The van der Waals surface area contributed by atoms with Crippen LogP contribution in [0.2, 0.25) is 0 Å². The van der Waals surface area contributed by atoms with Crippen molar-refractivity contribution in [3.63, 3.8) is 0 Å². The Balaban J connectivity index is 2.13. The average molecular weight is 293 g/mol. The molecular weight excluding hydrogens is 274 g/mol. The number of Topliss-reactive ketones (excluding diaryl/α,β-unsaturated/α-hetero) is 1. The number of aliphatic carboxylic acids is 1. The molecule has 0 aliphatic carbocycles. The second-order valence-electron chi connectivity index (χ2n) is 4.77. The minimum absolute atomic E-state index is 0.0477. The molecule has 0 amide bonds. The molecule has 0 bridgehead atoms. The van der Waals surface area contributed by atoms with Crippen LogP contribution in [0.4, 0.5) is 0 Å². The van der Waals surface area contributed by atoms with Gasteiger partial charge in [-0.1, -0.05) is 6.92 Å². The van der Waals surface area contributed by atoms with Crippen LogP contribution in [0.25, 0.3) is 0 Å². The molecule has 1 atom stereocenters. The summed E-state index contributed by atoms with van der Waals surface area (Å²) < 4.78 is 10.9. The summed E-state index contributed by atoms with van der Waals surface area (Å²) in [6.07, 6.45) is 0.213. The normalized spacial score (nSPS) is 14.5. The SMILES string of the molecule is CCNC(CCC(=O)O)C(=O)c1ccc2c(c1)OCCO2. The van der Waals surface area contributed by atoms with Crippen LogP contribution in [-0.4, -0.2) is 42.7 Å². The van der Waals surface area contributed by atoms with Crippen molar-refractivity contribution in [2.75, 3.05) is 19.8 Å². The van der Waals surface area contributed by atoms with Crippen LogP contribution < -0.4 is 14.8 Å². The number of ether oxygens (including phenoxy) is 2. The maximum absolute atomic E-state index is 12.5. The van der Waals surface area contributed by atoms with Crippen molar-refractivity contribution < 1.29 is 24.2 Å². The number of carboxylic acid groups (broad SMARTS) is 1. The molecule has 6 nitrogen and oxygen atoms in total. The van der Waals surface area contributed by atoms with Crippen molar-refractivity contribution in [3.05, 3.63) is 23.8 Å². The molecule has 0 radical (unpaired) electrons. The Morgan fingerprint density at radius 1 is 1.29 bits per heavy atom. The lowest BCUT2D eigenvalue weighted by atomic mass is 9.99. The molecule has 1 aromatic rings. The maximum Gasteiger partial charge on any atom is 0.303 e. The van der Waals surface area contributed by atoms with E-state index >= 15 is 0 Å². The molecule has 0 saturated heterocycles. The summed E-state index contributed by atoms with van der Waals surface area (Å²) >= 11 is 0. The van der Waals surface area contributed by atoms with Crippen molar-refractivity contribution in [1.29, 1.82) is 0 Å². The number of rotatable bonds is 7. The van der Waals surface area contributed by atoms with Gasteiger partial charge in [0.15, 0.2) is 17.3 Å². The molecule has 1 aliphatic heterocycles. The summed E-state index contributed by atoms with van der Waals surface area (Å²) in [5.74, 6) is 0.145. The molecule has 0 fully saturated rings. The molecule has 1 aliphatic rings. The second kappa shape index (κ2) is 7.08. The maximum atomic E-state index is 12.5. The Morgan fingerprint density at radius 3 is 2.67 bits per heavy atom. The molecule has 1 aromatic carbocycles. The molecule has 2 rings (SSSR count). The summed E-state index contributed by atoms with van der Waals surface area (Å²) in [6, 6.07) is 4.54. The Kier molecular flexibility index (Phi) is 5.16. The Hall–Kier alpha value is -2.08. The average Bonchev–Trinajstić information content (AvgIpc) is 2.50. The van der Waals surface area contributed by atoms with E-state index in [1.54, 1.807) is 18.2 Å². The monoisotopic (exact) mass is 293 g/mol. The first-order chi connectivity index (χ1) is 10.1. The number of carbonyl (C=O) groups excluding carboxylic acids is 1. The summed E-state index contributed by atoms with van der Waals surface area (Å²) in [5, 5.41) is 11.8. The van der Waals surface area contributed by atoms with Crippen LogP contribution in [-0.2, 0) is 4.79 Å². The lowest BCUT2D eigenvalue weighted by molar-refractivity contribution is -0.137. The van der Waals surface area contributed by atoms with Gasteiger partial charge in [-0.15, -0.1) is 0 Å².